The van der Waals surface area contributed by atoms with E-state index in [1.807, 2.05) is 32.0 Å². The first kappa shape index (κ1) is 17.5. The quantitative estimate of drug-likeness (QED) is 0.751. The summed E-state index contributed by atoms with van der Waals surface area (Å²) in [4.78, 5) is 23.2. The van der Waals surface area contributed by atoms with Crippen molar-refractivity contribution in [3.63, 3.8) is 0 Å². The molecule has 0 aliphatic carbocycles. The predicted octanol–water partition coefficient (Wildman–Crippen LogP) is 1.87. The average molecular weight is 310 g/mol. The van der Waals surface area contributed by atoms with Gasteiger partial charge < -0.3 is 15.8 Å². The molecule has 0 saturated heterocycles. The molecule has 1 atom stereocenters. The Balaban J connectivity index is 2.36. The lowest BCUT2D eigenvalue weighted by Gasteiger charge is -2.11. The van der Waals surface area contributed by atoms with Crippen LogP contribution in [0.2, 0.25) is 0 Å². The molecule has 0 bridgehead atoms. The summed E-state index contributed by atoms with van der Waals surface area (Å²) >= 11 is 1.31. The van der Waals surface area contributed by atoms with Crippen molar-refractivity contribution < 1.29 is 14.3 Å². The number of esters is 1. The standard InChI is InChI=1S/C15H22N2O3S/c1-4-20-15(19)12(16)8-21-9-14(18)17-13-6-5-10(2)7-11(13)3/h5-7,12H,4,8-9,16H2,1-3H3,(H,17,18). The first-order chi connectivity index (χ1) is 9.93. The summed E-state index contributed by atoms with van der Waals surface area (Å²) < 4.78 is 4.81. The third kappa shape index (κ3) is 6.18. The fourth-order valence-corrected chi connectivity index (χ4v) is 2.50. The van der Waals surface area contributed by atoms with Crippen LogP contribution in [0.15, 0.2) is 18.2 Å². The molecule has 1 aromatic carbocycles. The van der Waals surface area contributed by atoms with Crippen molar-refractivity contribution in [3.8, 4) is 0 Å². The van der Waals surface area contributed by atoms with E-state index in [-0.39, 0.29) is 11.7 Å². The molecule has 21 heavy (non-hydrogen) atoms. The topological polar surface area (TPSA) is 81.4 Å². The fraction of sp³-hybridized carbons (Fsp3) is 0.467. The molecule has 116 valence electrons. The van der Waals surface area contributed by atoms with Crippen LogP contribution < -0.4 is 11.1 Å². The van der Waals surface area contributed by atoms with Crippen LogP contribution >= 0.6 is 11.8 Å². The van der Waals surface area contributed by atoms with Gasteiger partial charge in [-0.2, -0.15) is 0 Å². The van der Waals surface area contributed by atoms with Gasteiger partial charge in [0.25, 0.3) is 0 Å². The number of ether oxygens (including phenoxy) is 1. The second-order valence-electron chi connectivity index (χ2n) is 4.74. The van der Waals surface area contributed by atoms with Gasteiger partial charge in [0.1, 0.15) is 6.04 Å². The Morgan fingerprint density at radius 2 is 2.10 bits per heavy atom. The lowest BCUT2D eigenvalue weighted by atomic mass is 10.1. The molecule has 3 N–H and O–H groups in total. The second-order valence-corrected chi connectivity index (χ2v) is 5.77. The summed E-state index contributed by atoms with van der Waals surface area (Å²) in [6.45, 7) is 6.00. The highest BCUT2D eigenvalue weighted by Crippen LogP contribution is 2.16. The van der Waals surface area contributed by atoms with Crippen molar-refractivity contribution in [2.24, 2.45) is 5.73 Å². The predicted molar refractivity (Wildman–Crippen MR) is 86.5 cm³/mol. The van der Waals surface area contributed by atoms with Crippen LogP contribution in [0, 0.1) is 13.8 Å². The highest BCUT2D eigenvalue weighted by atomic mass is 32.2. The number of nitrogens with one attached hydrogen (secondary N) is 1. The van der Waals surface area contributed by atoms with Crippen molar-refractivity contribution in [2.75, 3.05) is 23.4 Å². The second kappa shape index (κ2) is 8.69. The SMILES string of the molecule is CCOC(=O)C(N)CSCC(=O)Nc1ccc(C)cc1C. The third-order valence-corrected chi connectivity index (χ3v) is 3.84. The van der Waals surface area contributed by atoms with Crippen molar-refractivity contribution in [2.45, 2.75) is 26.8 Å². The molecule has 0 fully saturated rings. The van der Waals surface area contributed by atoms with E-state index in [0.717, 1.165) is 16.8 Å². The van der Waals surface area contributed by atoms with Crippen molar-refractivity contribution >= 4 is 29.3 Å². The van der Waals surface area contributed by atoms with Crippen molar-refractivity contribution in [1.82, 2.24) is 0 Å². The summed E-state index contributed by atoms with van der Waals surface area (Å²) in [5, 5.41) is 2.85. The van der Waals surface area contributed by atoms with Gasteiger partial charge in [-0.1, -0.05) is 17.7 Å². The highest BCUT2D eigenvalue weighted by molar-refractivity contribution is 8.00. The summed E-state index contributed by atoms with van der Waals surface area (Å²) in [5.41, 5.74) is 8.64. The normalized spacial score (nSPS) is 11.8. The Bertz CT molecular complexity index is 506. The van der Waals surface area contributed by atoms with E-state index in [0.29, 0.717) is 12.4 Å². The Morgan fingerprint density at radius 3 is 2.71 bits per heavy atom. The van der Waals surface area contributed by atoms with Gasteiger partial charge >= 0.3 is 5.97 Å². The molecule has 0 saturated carbocycles. The lowest BCUT2D eigenvalue weighted by molar-refractivity contribution is -0.144. The smallest absolute Gasteiger partial charge is 0.323 e. The van der Waals surface area contributed by atoms with E-state index in [4.69, 9.17) is 10.5 Å². The molecule has 0 heterocycles. The molecule has 6 heteroatoms. The van der Waals surface area contributed by atoms with Gasteiger partial charge in [0.15, 0.2) is 0 Å². The number of anilines is 1. The van der Waals surface area contributed by atoms with Gasteiger partial charge in [0.05, 0.1) is 12.4 Å². The first-order valence-electron chi connectivity index (χ1n) is 6.81. The average Bonchev–Trinajstić information content (AvgIpc) is 2.42. The van der Waals surface area contributed by atoms with Crippen LogP contribution in [-0.2, 0) is 14.3 Å². The van der Waals surface area contributed by atoms with E-state index in [1.54, 1.807) is 6.92 Å². The number of rotatable bonds is 7. The van der Waals surface area contributed by atoms with Gasteiger partial charge in [-0.05, 0) is 32.4 Å². The Hall–Kier alpha value is -1.53. The zero-order chi connectivity index (χ0) is 15.8. The van der Waals surface area contributed by atoms with E-state index in [1.165, 1.54) is 11.8 Å². The number of hydrogen-bond donors (Lipinski definition) is 2. The molecule has 0 aliphatic heterocycles. The lowest BCUT2D eigenvalue weighted by Crippen LogP contribution is -2.35. The summed E-state index contributed by atoms with van der Waals surface area (Å²) in [5.74, 6) is 0.0716. The number of carbonyl (C=O) groups is 2. The summed E-state index contributed by atoms with van der Waals surface area (Å²) in [7, 11) is 0. The van der Waals surface area contributed by atoms with Crippen LogP contribution in [0.5, 0.6) is 0 Å². The minimum atomic E-state index is -0.691. The maximum atomic E-state index is 11.8. The van der Waals surface area contributed by atoms with Crippen LogP contribution in [0.25, 0.3) is 0 Å². The molecule has 0 spiro atoms. The van der Waals surface area contributed by atoms with Crippen molar-refractivity contribution in [3.05, 3.63) is 29.3 Å². The van der Waals surface area contributed by atoms with Crippen molar-refractivity contribution in [1.29, 1.82) is 0 Å². The molecular formula is C15H22N2O3S. The molecule has 1 unspecified atom stereocenters. The zero-order valence-electron chi connectivity index (χ0n) is 12.6. The maximum absolute atomic E-state index is 11.8. The van der Waals surface area contributed by atoms with Gasteiger partial charge in [-0.3, -0.25) is 9.59 Å². The fourth-order valence-electron chi connectivity index (χ4n) is 1.74. The number of nitrogens with two attached hydrogens (primary N) is 1. The van der Waals surface area contributed by atoms with Crippen LogP contribution in [0.3, 0.4) is 0 Å². The van der Waals surface area contributed by atoms with Gasteiger partial charge in [-0.15, -0.1) is 11.8 Å². The highest BCUT2D eigenvalue weighted by Gasteiger charge is 2.15. The van der Waals surface area contributed by atoms with E-state index in [9.17, 15) is 9.59 Å². The number of thioether (sulfide) groups is 1. The first-order valence-corrected chi connectivity index (χ1v) is 7.96. The molecule has 5 nitrogen and oxygen atoms in total. The van der Waals surface area contributed by atoms with Gasteiger partial charge in [0, 0.05) is 11.4 Å². The molecule has 0 radical (unpaired) electrons. The molecule has 1 aromatic rings. The minimum Gasteiger partial charge on any atom is -0.465 e. The van der Waals surface area contributed by atoms with Gasteiger partial charge in [-0.25, -0.2) is 0 Å². The van der Waals surface area contributed by atoms with Gasteiger partial charge in [0.2, 0.25) is 5.91 Å². The molecule has 0 aliphatic rings. The maximum Gasteiger partial charge on any atom is 0.323 e. The van der Waals surface area contributed by atoms with Crippen LogP contribution in [0.4, 0.5) is 5.69 Å². The Labute approximate surface area is 129 Å². The molecule has 1 rings (SSSR count). The Kier molecular flexibility index (Phi) is 7.25. The number of carbonyl (C=O) groups excluding carboxylic acids is 2. The Morgan fingerprint density at radius 1 is 1.38 bits per heavy atom. The van der Waals surface area contributed by atoms with E-state index < -0.39 is 12.0 Å². The number of hydrogen-bond acceptors (Lipinski definition) is 5. The number of benzene rings is 1. The zero-order valence-corrected chi connectivity index (χ0v) is 13.5. The monoisotopic (exact) mass is 310 g/mol. The number of amides is 1. The molecule has 1 amide bonds. The van der Waals surface area contributed by atoms with E-state index in [2.05, 4.69) is 5.32 Å². The number of aryl methyl sites for hydroxylation is 2. The van der Waals surface area contributed by atoms with Crippen LogP contribution in [-0.4, -0.2) is 36.0 Å². The molecular weight excluding hydrogens is 288 g/mol. The van der Waals surface area contributed by atoms with E-state index >= 15 is 0 Å². The molecule has 0 aromatic heterocycles. The minimum absolute atomic E-state index is 0.108. The summed E-state index contributed by atoms with van der Waals surface area (Å²) in [6, 6.07) is 5.16. The largest absolute Gasteiger partial charge is 0.465 e. The third-order valence-electron chi connectivity index (χ3n) is 2.78. The summed E-state index contributed by atoms with van der Waals surface area (Å²) in [6.07, 6.45) is 0. The van der Waals surface area contributed by atoms with Crippen LogP contribution in [0.1, 0.15) is 18.1 Å².